The summed E-state index contributed by atoms with van der Waals surface area (Å²) in [6.07, 6.45) is 0. The molecule has 0 saturated heterocycles. The summed E-state index contributed by atoms with van der Waals surface area (Å²) in [4.78, 5) is 2.45. The van der Waals surface area contributed by atoms with Crippen LogP contribution in [0.4, 0.5) is 17.1 Å². The molecular weight excluding hydrogens is 775 g/mol. The number of benzene rings is 10. The second-order valence-corrected chi connectivity index (χ2v) is 17.8. The molecule has 13 rings (SSSR count). The minimum Gasteiger partial charge on any atom is -0.310 e. The van der Waals surface area contributed by atoms with Crippen LogP contribution in [-0.2, 0) is 5.41 Å². The van der Waals surface area contributed by atoms with Gasteiger partial charge >= 0.3 is 0 Å². The molecule has 2 aromatic heterocycles. The van der Waals surface area contributed by atoms with E-state index < -0.39 is 0 Å². The summed E-state index contributed by atoms with van der Waals surface area (Å²) in [5, 5.41) is 7.50. The standard InChI is InChI=1S/C61H43N3/c1-61(2)54-37-41(42-28-35-53-52-22-10-13-25-59(52)64(60(53)38-42)43-17-4-3-5-18-43)27-34-48(54)49-36-33-46(39-55(49)61)62(56-26-14-16-40-15-6-7-19-47(40)56)44-29-31-45(32-30-44)63-57-23-11-8-20-50(57)51-21-9-12-24-58(51)63/h3-39H,1-2H3. The first-order valence-electron chi connectivity index (χ1n) is 22.3. The zero-order valence-corrected chi connectivity index (χ0v) is 35.7. The zero-order valence-electron chi connectivity index (χ0n) is 35.7. The number of aromatic nitrogens is 2. The molecule has 0 amide bonds. The van der Waals surface area contributed by atoms with Crippen LogP contribution in [0, 0.1) is 0 Å². The molecule has 0 bridgehead atoms. The summed E-state index contributed by atoms with van der Waals surface area (Å²) in [5.41, 5.74) is 18.1. The third-order valence-electron chi connectivity index (χ3n) is 13.9. The molecule has 0 spiro atoms. The minimum atomic E-state index is -0.232. The van der Waals surface area contributed by atoms with E-state index in [1.807, 2.05) is 0 Å². The van der Waals surface area contributed by atoms with Gasteiger partial charge in [-0.25, -0.2) is 0 Å². The van der Waals surface area contributed by atoms with Crippen LogP contribution in [0.3, 0.4) is 0 Å². The van der Waals surface area contributed by atoms with Crippen molar-refractivity contribution in [2.75, 3.05) is 4.90 Å². The summed E-state index contributed by atoms with van der Waals surface area (Å²) in [7, 11) is 0. The van der Waals surface area contributed by atoms with Gasteiger partial charge in [-0.15, -0.1) is 0 Å². The van der Waals surface area contributed by atoms with E-state index in [1.54, 1.807) is 0 Å². The average molecular weight is 818 g/mol. The van der Waals surface area contributed by atoms with E-state index in [0.29, 0.717) is 0 Å². The monoisotopic (exact) mass is 817 g/mol. The fraction of sp³-hybridized carbons (Fsp3) is 0.0492. The van der Waals surface area contributed by atoms with E-state index in [0.717, 1.165) is 22.7 Å². The molecule has 0 unspecified atom stereocenters. The van der Waals surface area contributed by atoms with E-state index in [-0.39, 0.29) is 5.41 Å². The second kappa shape index (κ2) is 13.9. The van der Waals surface area contributed by atoms with Crippen molar-refractivity contribution in [3.63, 3.8) is 0 Å². The third kappa shape index (κ3) is 5.41. The molecule has 0 aliphatic heterocycles. The summed E-state index contributed by atoms with van der Waals surface area (Å²) in [5.74, 6) is 0. The van der Waals surface area contributed by atoms with Crippen LogP contribution in [0.1, 0.15) is 25.0 Å². The van der Waals surface area contributed by atoms with Crippen LogP contribution in [0.5, 0.6) is 0 Å². The maximum absolute atomic E-state index is 2.45. The van der Waals surface area contributed by atoms with Crippen molar-refractivity contribution in [2.24, 2.45) is 0 Å². The van der Waals surface area contributed by atoms with Gasteiger partial charge in [-0.2, -0.15) is 0 Å². The van der Waals surface area contributed by atoms with E-state index in [9.17, 15) is 0 Å². The lowest BCUT2D eigenvalue weighted by Crippen LogP contribution is -2.17. The van der Waals surface area contributed by atoms with Crippen molar-refractivity contribution in [2.45, 2.75) is 19.3 Å². The highest BCUT2D eigenvalue weighted by molar-refractivity contribution is 6.11. The summed E-state index contributed by atoms with van der Waals surface area (Å²) >= 11 is 0. The number of fused-ring (bicyclic) bond motifs is 10. The molecule has 1 aliphatic carbocycles. The lowest BCUT2D eigenvalue weighted by molar-refractivity contribution is 0.660. The molecule has 0 saturated carbocycles. The largest absolute Gasteiger partial charge is 0.310 e. The van der Waals surface area contributed by atoms with Gasteiger partial charge in [0.1, 0.15) is 0 Å². The van der Waals surface area contributed by atoms with Crippen molar-refractivity contribution in [1.82, 2.24) is 9.13 Å². The first kappa shape index (κ1) is 36.5. The number of nitrogens with zero attached hydrogens (tertiary/aromatic N) is 3. The van der Waals surface area contributed by atoms with Crippen LogP contribution >= 0.6 is 0 Å². The quantitative estimate of drug-likeness (QED) is 0.163. The Kier molecular flexibility index (Phi) is 7.95. The first-order valence-corrected chi connectivity index (χ1v) is 22.3. The molecule has 3 heteroatoms. The summed E-state index contributed by atoms with van der Waals surface area (Å²) in [6, 6.07) is 82.6. The smallest absolute Gasteiger partial charge is 0.0547 e. The third-order valence-corrected chi connectivity index (χ3v) is 13.9. The lowest BCUT2D eigenvalue weighted by Gasteiger charge is -2.29. The van der Waals surface area contributed by atoms with Crippen molar-refractivity contribution < 1.29 is 0 Å². The average Bonchev–Trinajstić information content (AvgIpc) is 3.94. The topological polar surface area (TPSA) is 13.1 Å². The predicted octanol–water partition coefficient (Wildman–Crippen LogP) is 16.5. The Morgan fingerprint density at radius 3 is 1.52 bits per heavy atom. The van der Waals surface area contributed by atoms with Crippen LogP contribution < -0.4 is 4.90 Å². The Bertz CT molecular complexity index is 3750. The number of anilines is 3. The van der Waals surface area contributed by atoms with Crippen molar-refractivity contribution in [3.8, 4) is 33.6 Å². The van der Waals surface area contributed by atoms with Gasteiger partial charge in [-0.1, -0.05) is 153 Å². The molecule has 0 radical (unpaired) electrons. The van der Waals surface area contributed by atoms with Gasteiger partial charge in [-0.05, 0) is 124 Å². The van der Waals surface area contributed by atoms with Gasteiger partial charge in [0.2, 0.25) is 0 Å². The van der Waals surface area contributed by atoms with Crippen LogP contribution in [0.15, 0.2) is 224 Å². The Hall–Kier alpha value is -8.14. The van der Waals surface area contributed by atoms with E-state index >= 15 is 0 Å². The molecule has 0 N–H and O–H groups in total. The SMILES string of the molecule is CC1(C)c2cc(-c3ccc4c5ccccc5n(-c5ccccc5)c4c3)ccc2-c2ccc(N(c3ccc(-n4c5ccccc5c5ccccc54)cc3)c3cccc4ccccc34)cc21. The van der Waals surface area contributed by atoms with Gasteiger partial charge in [0.15, 0.2) is 0 Å². The van der Waals surface area contributed by atoms with Gasteiger partial charge in [0.25, 0.3) is 0 Å². The Morgan fingerprint density at radius 2 is 0.828 bits per heavy atom. The molecule has 64 heavy (non-hydrogen) atoms. The molecule has 2 heterocycles. The lowest BCUT2D eigenvalue weighted by atomic mass is 9.81. The summed E-state index contributed by atoms with van der Waals surface area (Å²) in [6.45, 7) is 4.79. The van der Waals surface area contributed by atoms with Gasteiger partial charge < -0.3 is 14.0 Å². The Balaban J connectivity index is 0.923. The summed E-state index contributed by atoms with van der Waals surface area (Å²) < 4.78 is 4.80. The number of hydrogen-bond donors (Lipinski definition) is 0. The molecule has 3 nitrogen and oxygen atoms in total. The maximum atomic E-state index is 2.45. The van der Waals surface area contributed by atoms with Crippen LogP contribution in [0.2, 0.25) is 0 Å². The normalized spacial score (nSPS) is 13.0. The van der Waals surface area contributed by atoms with Gasteiger partial charge in [0, 0.05) is 55.1 Å². The second-order valence-electron chi connectivity index (χ2n) is 17.8. The Labute approximate surface area is 372 Å². The van der Waals surface area contributed by atoms with Crippen molar-refractivity contribution in [3.05, 3.63) is 236 Å². The number of rotatable bonds is 6. The fourth-order valence-electron chi connectivity index (χ4n) is 10.8. The number of para-hydroxylation sites is 4. The maximum Gasteiger partial charge on any atom is 0.0547 e. The highest BCUT2D eigenvalue weighted by Crippen LogP contribution is 2.52. The van der Waals surface area contributed by atoms with Crippen LogP contribution in [0.25, 0.3) is 88.0 Å². The van der Waals surface area contributed by atoms with Crippen molar-refractivity contribution in [1.29, 1.82) is 0 Å². The molecule has 12 aromatic rings. The van der Waals surface area contributed by atoms with E-state index in [4.69, 9.17) is 0 Å². The molecule has 0 atom stereocenters. The molecule has 10 aromatic carbocycles. The van der Waals surface area contributed by atoms with Gasteiger partial charge in [0.05, 0.1) is 27.8 Å². The highest BCUT2D eigenvalue weighted by atomic mass is 15.1. The van der Waals surface area contributed by atoms with E-state index in [1.165, 1.54) is 93.5 Å². The predicted molar refractivity (Wildman–Crippen MR) is 270 cm³/mol. The molecule has 1 aliphatic rings. The number of hydrogen-bond acceptors (Lipinski definition) is 1. The Morgan fingerprint density at radius 1 is 0.344 bits per heavy atom. The zero-order chi connectivity index (χ0) is 42.5. The van der Waals surface area contributed by atoms with Crippen LogP contribution in [-0.4, -0.2) is 9.13 Å². The van der Waals surface area contributed by atoms with Crippen molar-refractivity contribution >= 4 is 71.4 Å². The molecule has 302 valence electrons. The minimum absolute atomic E-state index is 0.232. The highest BCUT2D eigenvalue weighted by Gasteiger charge is 2.36. The van der Waals surface area contributed by atoms with Gasteiger partial charge in [-0.3, -0.25) is 0 Å². The molecule has 0 fully saturated rings. The first-order chi connectivity index (χ1) is 31.5. The van der Waals surface area contributed by atoms with E-state index in [2.05, 4.69) is 252 Å². The molecular formula is C61H43N3. The fourth-order valence-corrected chi connectivity index (χ4v) is 10.8.